The summed E-state index contributed by atoms with van der Waals surface area (Å²) in [5.74, 6) is -1.58. The molecule has 160 valence electrons. The predicted molar refractivity (Wildman–Crippen MR) is 111 cm³/mol. The molecule has 0 heterocycles. The van der Waals surface area contributed by atoms with Gasteiger partial charge in [-0.05, 0) is 24.3 Å². The van der Waals surface area contributed by atoms with Crippen molar-refractivity contribution in [3.05, 3.63) is 71.1 Å². The van der Waals surface area contributed by atoms with E-state index in [1.165, 1.54) is 30.3 Å². The van der Waals surface area contributed by atoms with Crippen LogP contribution in [0, 0.1) is 5.82 Å². The number of benzene rings is 2. The summed E-state index contributed by atoms with van der Waals surface area (Å²) in [7, 11) is -3.55. The molecule has 30 heavy (non-hydrogen) atoms. The van der Waals surface area contributed by atoms with Gasteiger partial charge in [0, 0.05) is 31.0 Å². The van der Waals surface area contributed by atoms with Crippen molar-refractivity contribution < 1.29 is 27.1 Å². The van der Waals surface area contributed by atoms with Crippen LogP contribution >= 0.6 is 11.6 Å². The molecule has 0 aromatic heterocycles. The fourth-order valence-electron chi connectivity index (χ4n) is 2.41. The second kappa shape index (κ2) is 10.2. The Morgan fingerprint density at radius 3 is 2.57 bits per heavy atom. The minimum absolute atomic E-state index is 0.0400. The Morgan fingerprint density at radius 1 is 1.20 bits per heavy atom. The van der Waals surface area contributed by atoms with Crippen LogP contribution in [-0.2, 0) is 14.6 Å². The summed E-state index contributed by atoms with van der Waals surface area (Å²) in [6.45, 7) is 3.45. The first-order valence-electron chi connectivity index (χ1n) is 8.70. The molecular formula is C20H20ClFN2O5S. The molecule has 0 spiro atoms. The number of rotatable bonds is 9. The highest BCUT2D eigenvalue weighted by molar-refractivity contribution is 7.90. The molecular weight excluding hydrogens is 435 g/mol. The van der Waals surface area contributed by atoms with Crippen molar-refractivity contribution in [3.8, 4) is 5.75 Å². The highest BCUT2D eigenvalue weighted by atomic mass is 35.5. The van der Waals surface area contributed by atoms with Gasteiger partial charge in [-0.2, -0.15) is 0 Å². The number of hydrogen-bond acceptors (Lipinski definition) is 5. The van der Waals surface area contributed by atoms with E-state index < -0.39 is 27.5 Å². The van der Waals surface area contributed by atoms with E-state index in [4.69, 9.17) is 16.3 Å². The van der Waals surface area contributed by atoms with Crippen molar-refractivity contribution >= 4 is 33.3 Å². The normalized spacial score (nSPS) is 10.9. The van der Waals surface area contributed by atoms with Gasteiger partial charge in [0.05, 0.1) is 15.5 Å². The Labute approximate surface area is 178 Å². The van der Waals surface area contributed by atoms with Crippen LogP contribution in [0.25, 0.3) is 0 Å². The molecule has 0 radical (unpaired) electrons. The van der Waals surface area contributed by atoms with Gasteiger partial charge in [0.15, 0.2) is 16.4 Å². The van der Waals surface area contributed by atoms with E-state index >= 15 is 0 Å². The summed E-state index contributed by atoms with van der Waals surface area (Å²) in [5, 5.41) is 5.03. The molecule has 0 unspecified atom stereocenters. The summed E-state index contributed by atoms with van der Waals surface area (Å²) in [6.07, 6.45) is 1.24. The summed E-state index contributed by atoms with van der Waals surface area (Å²) in [4.78, 5) is 24.1. The molecule has 2 amide bonds. The number of hydrogen-bond donors (Lipinski definition) is 2. The maximum atomic E-state index is 13.3. The minimum Gasteiger partial charge on any atom is -0.484 e. The molecule has 2 rings (SSSR count). The summed E-state index contributed by atoms with van der Waals surface area (Å²) in [6, 6.07) is 9.68. The van der Waals surface area contributed by atoms with Gasteiger partial charge in [-0.1, -0.05) is 30.3 Å². The van der Waals surface area contributed by atoms with Gasteiger partial charge in [-0.15, -0.1) is 0 Å². The van der Waals surface area contributed by atoms with Gasteiger partial charge in [0.1, 0.15) is 11.6 Å². The van der Waals surface area contributed by atoms with Crippen molar-refractivity contribution in [2.24, 2.45) is 0 Å². The number of carbonyl (C=O) groups excluding carboxylic acids is 2. The lowest BCUT2D eigenvalue weighted by atomic mass is 10.2. The van der Waals surface area contributed by atoms with Gasteiger partial charge in [-0.25, -0.2) is 12.8 Å². The molecule has 2 N–H and O–H groups in total. The van der Waals surface area contributed by atoms with Gasteiger partial charge in [0.25, 0.3) is 11.8 Å². The van der Waals surface area contributed by atoms with E-state index in [0.717, 1.165) is 12.3 Å². The smallest absolute Gasteiger partial charge is 0.262 e. The molecule has 0 aliphatic carbocycles. The Kier molecular flexibility index (Phi) is 7.96. The highest BCUT2D eigenvalue weighted by Gasteiger charge is 2.17. The van der Waals surface area contributed by atoms with Crippen molar-refractivity contribution in [1.82, 2.24) is 10.6 Å². The molecule has 10 heteroatoms. The molecule has 2 aromatic rings. The Bertz CT molecular complexity index is 1070. The fourth-order valence-corrected chi connectivity index (χ4v) is 3.41. The molecule has 0 aliphatic heterocycles. The van der Waals surface area contributed by atoms with Gasteiger partial charge in [-0.3, -0.25) is 9.59 Å². The van der Waals surface area contributed by atoms with E-state index in [0.29, 0.717) is 5.70 Å². The Balaban J connectivity index is 1.79. The Hall–Kier alpha value is -2.91. The number of halogens is 2. The van der Waals surface area contributed by atoms with Crippen molar-refractivity contribution in [1.29, 1.82) is 0 Å². The monoisotopic (exact) mass is 454 g/mol. The van der Waals surface area contributed by atoms with Crippen LogP contribution < -0.4 is 15.4 Å². The third-order valence-corrected chi connectivity index (χ3v) is 5.28. The molecule has 2 aromatic carbocycles. The highest BCUT2D eigenvalue weighted by Crippen LogP contribution is 2.20. The van der Waals surface area contributed by atoms with Crippen LogP contribution in [-0.4, -0.2) is 39.6 Å². The van der Waals surface area contributed by atoms with E-state index in [2.05, 4.69) is 17.2 Å². The van der Waals surface area contributed by atoms with Crippen LogP contribution in [0.2, 0.25) is 5.02 Å². The van der Waals surface area contributed by atoms with Crippen LogP contribution in [0.1, 0.15) is 16.8 Å². The van der Waals surface area contributed by atoms with Gasteiger partial charge >= 0.3 is 0 Å². The molecule has 0 bridgehead atoms. The number of amides is 2. The second-order valence-electron chi connectivity index (χ2n) is 6.29. The van der Waals surface area contributed by atoms with Crippen LogP contribution in [0.15, 0.2) is 59.6 Å². The van der Waals surface area contributed by atoms with Crippen LogP contribution in [0.3, 0.4) is 0 Å². The molecule has 0 aliphatic rings. The van der Waals surface area contributed by atoms with Crippen LogP contribution in [0.4, 0.5) is 4.39 Å². The van der Waals surface area contributed by atoms with E-state index in [9.17, 15) is 22.4 Å². The Morgan fingerprint density at radius 2 is 1.90 bits per heavy atom. The quantitative estimate of drug-likeness (QED) is 0.606. The number of sulfone groups is 1. The van der Waals surface area contributed by atoms with Gasteiger partial charge < -0.3 is 15.4 Å². The zero-order valence-electron chi connectivity index (χ0n) is 16.1. The number of ether oxygens (including phenoxy) is 1. The van der Waals surface area contributed by atoms with Gasteiger partial charge in [0.2, 0.25) is 0 Å². The minimum atomic E-state index is -3.55. The number of nitrogens with one attached hydrogen (secondary N) is 2. The molecule has 0 fully saturated rings. The van der Waals surface area contributed by atoms with Crippen molar-refractivity contribution in [3.63, 3.8) is 0 Å². The maximum Gasteiger partial charge on any atom is 0.262 e. The maximum absolute atomic E-state index is 13.3. The van der Waals surface area contributed by atoms with Crippen molar-refractivity contribution in [2.75, 3.05) is 19.4 Å². The average Bonchev–Trinajstić information content (AvgIpc) is 2.68. The van der Waals surface area contributed by atoms with E-state index in [1.54, 1.807) is 6.07 Å². The topological polar surface area (TPSA) is 102 Å². The van der Waals surface area contributed by atoms with Crippen LogP contribution in [0.5, 0.6) is 5.75 Å². The summed E-state index contributed by atoms with van der Waals surface area (Å²) in [5.41, 5.74) is 0.362. The molecule has 0 atom stereocenters. The summed E-state index contributed by atoms with van der Waals surface area (Å²) >= 11 is 5.57. The van der Waals surface area contributed by atoms with E-state index in [-0.39, 0.29) is 40.8 Å². The predicted octanol–water partition coefficient (Wildman–Crippen LogP) is 2.71. The summed E-state index contributed by atoms with van der Waals surface area (Å²) < 4.78 is 42.1. The first-order valence-corrected chi connectivity index (χ1v) is 11.0. The van der Waals surface area contributed by atoms with E-state index in [1.807, 2.05) is 0 Å². The third kappa shape index (κ3) is 6.85. The fraction of sp³-hybridized carbons (Fsp3) is 0.200. The molecule has 0 saturated heterocycles. The first-order chi connectivity index (χ1) is 14.1. The standard InChI is InChI=1S/C20H20ClFN2O5S/c1-13(24-19(25)12-29-14-7-8-16(21)17(22)11-14)9-10-23-20(26)15-5-3-4-6-18(15)30(2,27)28/h3-8,11H,1,9-10,12H2,2H3,(H,23,26)(H,24,25). The average molecular weight is 455 g/mol. The lowest BCUT2D eigenvalue weighted by Crippen LogP contribution is -2.31. The SMILES string of the molecule is C=C(CCNC(=O)c1ccccc1S(C)(=O)=O)NC(=O)COc1ccc(Cl)c(F)c1. The zero-order valence-corrected chi connectivity index (χ0v) is 17.6. The lowest BCUT2D eigenvalue weighted by molar-refractivity contribution is -0.122. The third-order valence-electron chi connectivity index (χ3n) is 3.82. The largest absolute Gasteiger partial charge is 0.484 e. The zero-order chi connectivity index (χ0) is 22.3. The lowest BCUT2D eigenvalue weighted by Gasteiger charge is -2.11. The number of carbonyl (C=O) groups is 2. The second-order valence-corrected chi connectivity index (χ2v) is 8.68. The molecule has 0 saturated carbocycles. The first kappa shape index (κ1) is 23.4. The molecule has 7 nitrogen and oxygen atoms in total. The van der Waals surface area contributed by atoms with Crippen molar-refractivity contribution in [2.45, 2.75) is 11.3 Å².